The number of hydrogen-bond acceptors (Lipinski definition) is 3. The molecule has 0 saturated carbocycles. The molecule has 1 unspecified atom stereocenters. The Hall–Kier alpha value is -1.25. The molecule has 1 aromatic rings. The highest BCUT2D eigenvalue weighted by atomic mass is 15.2. The van der Waals surface area contributed by atoms with Crippen LogP contribution in [0.1, 0.15) is 27.2 Å². The van der Waals surface area contributed by atoms with Crippen LogP contribution in [-0.2, 0) is 0 Å². The molecule has 2 heterocycles. The van der Waals surface area contributed by atoms with Crippen molar-refractivity contribution in [2.24, 2.45) is 11.3 Å². The quantitative estimate of drug-likeness (QED) is 0.851. The molecular weight excluding hydrogens is 210 g/mol. The molecule has 17 heavy (non-hydrogen) atoms. The van der Waals surface area contributed by atoms with Gasteiger partial charge in [0.05, 0.1) is 23.8 Å². The Morgan fingerprint density at radius 2 is 2.12 bits per heavy atom. The average Bonchev–Trinajstić information content (AvgIpc) is 2.78. The fourth-order valence-electron chi connectivity index (χ4n) is 2.44. The minimum absolute atomic E-state index is 0.406. The van der Waals surface area contributed by atoms with Gasteiger partial charge in [-0.3, -0.25) is 4.98 Å². The van der Waals surface area contributed by atoms with E-state index < -0.39 is 0 Å². The predicted octanol–water partition coefficient (Wildman–Crippen LogP) is 3.00. The molecule has 1 N–H and O–H groups in total. The molecule has 1 aromatic heterocycles. The molecule has 0 spiro atoms. The molecule has 3 nitrogen and oxygen atoms in total. The van der Waals surface area contributed by atoms with Gasteiger partial charge < -0.3 is 10.2 Å². The standard InChI is InChI=1S/C14H23N3/c1-14(2,3)11-5-6-17(10-11)13-7-12(15-4)8-16-9-13/h7-9,11,15H,5-6,10H2,1-4H3. The Labute approximate surface area is 104 Å². The molecule has 1 saturated heterocycles. The monoisotopic (exact) mass is 233 g/mol. The van der Waals surface area contributed by atoms with Crippen LogP contribution >= 0.6 is 0 Å². The Morgan fingerprint density at radius 3 is 2.71 bits per heavy atom. The lowest BCUT2D eigenvalue weighted by Gasteiger charge is -2.27. The van der Waals surface area contributed by atoms with Gasteiger partial charge in [0.15, 0.2) is 0 Å². The fourth-order valence-corrected chi connectivity index (χ4v) is 2.44. The maximum atomic E-state index is 4.28. The molecule has 0 radical (unpaired) electrons. The third-order valence-electron chi connectivity index (χ3n) is 3.79. The van der Waals surface area contributed by atoms with Gasteiger partial charge in [0.1, 0.15) is 0 Å². The Balaban J connectivity index is 2.09. The van der Waals surface area contributed by atoms with Crippen molar-refractivity contribution in [1.29, 1.82) is 0 Å². The molecule has 0 aromatic carbocycles. The molecule has 1 atom stereocenters. The molecule has 0 bridgehead atoms. The highest BCUT2D eigenvalue weighted by Gasteiger charge is 2.31. The molecule has 2 rings (SSSR count). The summed E-state index contributed by atoms with van der Waals surface area (Å²) < 4.78 is 0. The van der Waals surface area contributed by atoms with E-state index in [0.717, 1.165) is 24.7 Å². The molecule has 3 heteroatoms. The van der Waals surface area contributed by atoms with Crippen LogP contribution in [0.5, 0.6) is 0 Å². The zero-order valence-electron chi connectivity index (χ0n) is 11.3. The van der Waals surface area contributed by atoms with Crippen LogP contribution in [0.15, 0.2) is 18.5 Å². The summed E-state index contributed by atoms with van der Waals surface area (Å²) >= 11 is 0. The third-order valence-corrected chi connectivity index (χ3v) is 3.79. The molecular formula is C14H23N3. The lowest BCUT2D eigenvalue weighted by molar-refractivity contribution is 0.263. The second-order valence-electron chi connectivity index (χ2n) is 5.98. The second kappa shape index (κ2) is 4.55. The van der Waals surface area contributed by atoms with Crippen molar-refractivity contribution in [3.8, 4) is 0 Å². The first-order valence-electron chi connectivity index (χ1n) is 6.38. The zero-order chi connectivity index (χ0) is 12.5. The van der Waals surface area contributed by atoms with Crippen molar-refractivity contribution in [2.75, 3.05) is 30.4 Å². The number of aromatic nitrogens is 1. The smallest absolute Gasteiger partial charge is 0.0573 e. The number of pyridine rings is 1. The van der Waals surface area contributed by atoms with Crippen molar-refractivity contribution in [3.05, 3.63) is 18.5 Å². The summed E-state index contributed by atoms with van der Waals surface area (Å²) in [6.07, 6.45) is 5.11. The van der Waals surface area contributed by atoms with E-state index in [-0.39, 0.29) is 0 Å². The van der Waals surface area contributed by atoms with Gasteiger partial charge in [-0.1, -0.05) is 20.8 Å². The van der Waals surface area contributed by atoms with Crippen molar-refractivity contribution < 1.29 is 0 Å². The van der Waals surface area contributed by atoms with E-state index in [2.05, 4.69) is 42.0 Å². The summed E-state index contributed by atoms with van der Waals surface area (Å²) in [5.41, 5.74) is 2.73. The van der Waals surface area contributed by atoms with Crippen LogP contribution in [0.2, 0.25) is 0 Å². The Kier molecular flexibility index (Phi) is 3.27. The number of hydrogen-bond donors (Lipinski definition) is 1. The number of nitrogens with zero attached hydrogens (tertiary/aromatic N) is 2. The maximum Gasteiger partial charge on any atom is 0.0573 e. The van der Waals surface area contributed by atoms with E-state index in [1.165, 1.54) is 12.1 Å². The van der Waals surface area contributed by atoms with Crippen LogP contribution in [-0.4, -0.2) is 25.1 Å². The van der Waals surface area contributed by atoms with E-state index in [4.69, 9.17) is 0 Å². The third kappa shape index (κ3) is 2.71. The summed E-state index contributed by atoms with van der Waals surface area (Å²) in [6, 6.07) is 2.18. The predicted molar refractivity (Wildman–Crippen MR) is 73.6 cm³/mol. The largest absolute Gasteiger partial charge is 0.387 e. The molecule has 0 aliphatic carbocycles. The molecule has 0 amide bonds. The van der Waals surface area contributed by atoms with Crippen LogP contribution in [0.25, 0.3) is 0 Å². The van der Waals surface area contributed by atoms with Crippen LogP contribution in [0, 0.1) is 11.3 Å². The molecule has 94 valence electrons. The minimum atomic E-state index is 0.406. The first-order valence-corrected chi connectivity index (χ1v) is 6.38. The van der Waals surface area contributed by atoms with Crippen molar-refractivity contribution in [2.45, 2.75) is 27.2 Å². The van der Waals surface area contributed by atoms with Gasteiger partial charge in [0.25, 0.3) is 0 Å². The Bertz CT molecular complexity index is 381. The first-order chi connectivity index (χ1) is 8.00. The summed E-state index contributed by atoms with van der Waals surface area (Å²) in [4.78, 5) is 6.73. The van der Waals surface area contributed by atoms with Gasteiger partial charge in [0.2, 0.25) is 0 Å². The van der Waals surface area contributed by atoms with Crippen LogP contribution in [0.3, 0.4) is 0 Å². The van der Waals surface area contributed by atoms with Crippen molar-refractivity contribution in [1.82, 2.24) is 4.98 Å². The SMILES string of the molecule is CNc1cncc(N2CCC(C(C)(C)C)C2)c1. The van der Waals surface area contributed by atoms with Crippen molar-refractivity contribution in [3.63, 3.8) is 0 Å². The number of rotatable bonds is 2. The van der Waals surface area contributed by atoms with Gasteiger partial charge in [-0.25, -0.2) is 0 Å². The van der Waals surface area contributed by atoms with E-state index in [1.54, 1.807) is 0 Å². The zero-order valence-corrected chi connectivity index (χ0v) is 11.3. The first kappa shape index (κ1) is 12.2. The summed E-state index contributed by atoms with van der Waals surface area (Å²) in [7, 11) is 1.93. The summed E-state index contributed by atoms with van der Waals surface area (Å²) in [6.45, 7) is 9.31. The highest BCUT2D eigenvalue weighted by molar-refractivity contribution is 5.55. The van der Waals surface area contributed by atoms with Gasteiger partial charge in [0, 0.05) is 20.1 Å². The summed E-state index contributed by atoms with van der Waals surface area (Å²) in [5.74, 6) is 0.778. The molecule has 1 fully saturated rings. The fraction of sp³-hybridized carbons (Fsp3) is 0.643. The normalized spacial score (nSPS) is 20.7. The Morgan fingerprint density at radius 1 is 1.35 bits per heavy atom. The lowest BCUT2D eigenvalue weighted by atomic mass is 9.80. The van der Waals surface area contributed by atoms with Crippen LogP contribution in [0.4, 0.5) is 11.4 Å². The minimum Gasteiger partial charge on any atom is -0.387 e. The maximum absolute atomic E-state index is 4.28. The lowest BCUT2D eigenvalue weighted by Crippen LogP contribution is -2.25. The number of nitrogens with one attached hydrogen (secondary N) is 1. The second-order valence-corrected chi connectivity index (χ2v) is 5.98. The van der Waals surface area contributed by atoms with Gasteiger partial charge >= 0.3 is 0 Å². The van der Waals surface area contributed by atoms with E-state index in [1.807, 2.05) is 19.4 Å². The van der Waals surface area contributed by atoms with Gasteiger partial charge in [-0.05, 0) is 23.8 Å². The van der Waals surface area contributed by atoms with E-state index in [9.17, 15) is 0 Å². The van der Waals surface area contributed by atoms with E-state index in [0.29, 0.717) is 5.41 Å². The van der Waals surface area contributed by atoms with Crippen LogP contribution < -0.4 is 10.2 Å². The average molecular weight is 233 g/mol. The van der Waals surface area contributed by atoms with Gasteiger partial charge in [-0.2, -0.15) is 0 Å². The molecule has 1 aliphatic heterocycles. The molecule has 1 aliphatic rings. The highest BCUT2D eigenvalue weighted by Crippen LogP contribution is 2.35. The topological polar surface area (TPSA) is 28.2 Å². The van der Waals surface area contributed by atoms with Crippen molar-refractivity contribution >= 4 is 11.4 Å². The number of anilines is 2. The van der Waals surface area contributed by atoms with Gasteiger partial charge in [-0.15, -0.1) is 0 Å². The summed E-state index contributed by atoms with van der Waals surface area (Å²) in [5, 5.41) is 3.14. The van der Waals surface area contributed by atoms with E-state index >= 15 is 0 Å².